The van der Waals surface area contributed by atoms with Crippen LogP contribution in [-0.4, -0.2) is 37.3 Å². The number of hydrogen-bond acceptors (Lipinski definition) is 6. The lowest BCUT2D eigenvalue weighted by molar-refractivity contribution is -0.122. The molecule has 2 bridgehead atoms. The van der Waals surface area contributed by atoms with Crippen molar-refractivity contribution in [3.05, 3.63) is 130 Å². The third kappa shape index (κ3) is 3.64. The molecule has 2 atom stereocenters. The van der Waals surface area contributed by atoms with E-state index < -0.39 is 34.5 Å². The Kier molecular flexibility index (Phi) is 6.13. The third-order valence-electron chi connectivity index (χ3n) is 8.63. The number of benzene rings is 4. The summed E-state index contributed by atoms with van der Waals surface area (Å²) < 4.78 is 9.61. The second-order valence-corrected chi connectivity index (χ2v) is 11.9. The number of carbonyl (C=O) groups is 4. The van der Waals surface area contributed by atoms with Crippen LogP contribution in [0.15, 0.2) is 97.1 Å². The molecular weight excluding hydrogens is 598 g/mol. The van der Waals surface area contributed by atoms with Gasteiger partial charge in [-0.15, -0.1) is 0 Å². The summed E-state index contributed by atoms with van der Waals surface area (Å²) in [5, 5.41) is 0. The van der Waals surface area contributed by atoms with Gasteiger partial charge in [-0.1, -0.05) is 76.6 Å². The monoisotopic (exact) mass is 621 g/mol. The first-order chi connectivity index (χ1) is 20.4. The summed E-state index contributed by atoms with van der Waals surface area (Å²) >= 11 is 3.99. The fourth-order valence-corrected chi connectivity index (χ4v) is 8.03. The molecule has 208 valence electrons. The maximum absolute atomic E-state index is 14.3. The SMILES string of the molecule is COc1ccc(C(=O)COC(=O)c2ccccc2N2C(=O)[C@@H]3C4c5ccccc5C(Br)(c5ccccc54)[C@@H]3C2=O)cc1. The number of carbonyl (C=O) groups excluding carboxylic acids is 4. The lowest BCUT2D eigenvalue weighted by atomic mass is 9.55. The van der Waals surface area contributed by atoms with Gasteiger partial charge < -0.3 is 9.47 Å². The molecule has 0 N–H and O–H groups in total. The van der Waals surface area contributed by atoms with Crippen molar-refractivity contribution in [2.75, 3.05) is 18.6 Å². The first kappa shape index (κ1) is 26.3. The van der Waals surface area contributed by atoms with E-state index >= 15 is 0 Å². The van der Waals surface area contributed by atoms with E-state index in [4.69, 9.17) is 9.47 Å². The van der Waals surface area contributed by atoms with E-state index in [1.165, 1.54) is 13.2 Å². The number of hydrogen-bond donors (Lipinski definition) is 0. The molecule has 0 unspecified atom stereocenters. The number of ketones is 1. The number of ether oxygens (including phenoxy) is 2. The predicted molar refractivity (Wildman–Crippen MR) is 158 cm³/mol. The van der Waals surface area contributed by atoms with Gasteiger partial charge in [0.15, 0.2) is 12.4 Å². The lowest BCUT2D eigenvalue weighted by Gasteiger charge is -2.51. The standard InChI is InChI=1S/C34H24BrNO6/c1-41-20-16-14-19(15-17-20)27(37)18-42-33(40)23-10-4-7-13-26(23)36-31(38)29-28-21-8-2-5-11-24(21)34(35,30(29)32(36)39)25-12-6-3-9-22(25)28/h2-17,28-30H,18H2,1H3/t28?,29-,30+,34?/m1/s1. The molecule has 8 heteroatoms. The smallest absolute Gasteiger partial charge is 0.340 e. The quantitative estimate of drug-likeness (QED) is 0.120. The summed E-state index contributed by atoms with van der Waals surface area (Å²) in [7, 11) is 1.53. The number of amides is 2. The van der Waals surface area contributed by atoms with E-state index in [9.17, 15) is 19.2 Å². The Morgan fingerprint density at radius 2 is 1.40 bits per heavy atom. The summed E-state index contributed by atoms with van der Waals surface area (Å²) in [4.78, 5) is 55.7. The van der Waals surface area contributed by atoms with E-state index in [2.05, 4.69) is 15.9 Å². The van der Waals surface area contributed by atoms with E-state index in [1.54, 1.807) is 42.5 Å². The zero-order chi connectivity index (χ0) is 29.2. The Morgan fingerprint density at radius 1 is 0.810 bits per heavy atom. The molecule has 4 aromatic carbocycles. The Morgan fingerprint density at radius 3 is 2.05 bits per heavy atom. The molecule has 4 aliphatic rings. The molecule has 1 saturated heterocycles. The highest BCUT2D eigenvalue weighted by molar-refractivity contribution is 9.09. The van der Waals surface area contributed by atoms with Gasteiger partial charge in [-0.3, -0.25) is 14.4 Å². The van der Waals surface area contributed by atoms with E-state index in [-0.39, 0.29) is 29.0 Å². The van der Waals surface area contributed by atoms with Crippen molar-refractivity contribution >= 4 is 45.2 Å². The summed E-state index contributed by atoms with van der Waals surface area (Å²) in [6.07, 6.45) is 0. The highest BCUT2D eigenvalue weighted by atomic mass is 79.9. The van der Waals surface area contributed by atoms with Crippen molar-refractivity contribution in [3.8, 4) is 5.75 Å². The average molecular weight is 622 g/mol. The zero-order valence-electron chi connectivity index (χ0n) is 22.5. The second kappa shape index (κ2) is 9.77. The number of nitrogens with zero attached hydrogens (tertiary/aromatic N) is 1. The first-order valence-corrected chi connectivity index (χ1v) is 14.3. The lowest BCUT2D eigenvalue weighted by Crippen LogP contribution is -2.50. The van der Waals surface area contributed by atoms with Crippen LogP contribution in [0.3, 0.4) is 0 Å². The number of para-hydroxylation sites is 1. The van der Waals surface area contributed by atoms with Crippen molar-refractivity contribution in [2.24, 2.45) is 11.8 Å². The maximum Gasteiger partial charge on any atom is 0.340 e. The highest BCUT2D eigenvalue weighted by Crippen LogP contribution is 2.66. The average Bonchev–Trinajstić information content (AvgIpc) is 3.30. The van der Waals surface area contributed by atoms with Crippen molar-refractivity contribution in [2.45, 2.75) is 10.2 Å². The largest absolute Gasteiger partial charge is 0.497 e. The van der Waals surface area contributed by atoms with Gasteiger partial charge in [-0.2, -0.15) is 0 Å². The molecule has 42 heavy (non-hydrogen) atoms. The van der Waals surface area contributed by atoms with Crippen LogP contribution < -0.4 is 9.64 Å². The molecule has 1 aliphatic heterocycles. The van der Waals surface area contributed by atoms with Crippen molar-refractivity contribution < 1.29 is 28.7 Å². The van der Waals surface area contributed by atoms with Crippen molar-refractivity contribution in [1.29, 1.82) is 0 Å². The molecule has 4 aromatic rings. The molecule has 8 rings (SSSR count). The van der Waals surface area contributed by atoms with E-state index in [1.807, 2.05) is 48.5 Å². The van der Waals surface area contributed by atoms with Gasteiger partial charge in [-0.05, 0) is 58.7 Å². The molecular formula is C34H24BrNO6. The Labute approximate surface area is 250 Å². The summed E-state index contributed by atoms with van der Waals surface area (Å²) in [6.45, 7) is -0.496. The molecule has 1 fully saturated rings. The van der Waals surface area contributed by atoms with Gasteiger partial charge in [0.05, 0.1) is 34.5 Å². The van der Waals surface area contributed by atoms with Crippen LogP contribution in [0.5, 0.6) is 5.75 Å². The molecule has 1 heterocycles. The summed E-state index contributed by atoms with van der Waals surface area (Å²) in [5.74, 6) is -3.00. The number of alkyl halides is 1. The van der Waals surface area contributed by atoms with Gasteiger partial charge in [0.1, 0.15) is 5.75 Å². The molecule has 0 spiro atoms. The number of Topliss-reactive ketones (excluding diaryl/α,β-unsaturated/α-hetero) is 1. The fourth-order valence-electron chi connectivity index (χ4n) is 6.83. The number of anilines is 1. The van der Waals surface area contributed by atoms with Crippen LogP contribution in [0.2, 0.25) is 0 Å². The minimum atomic E-state index is -0.901. The topological polar surface area (TPSA) is 90.0 Å². The highest BCUT2D eigenvalue weighted by Gasteiger charge is 2.67. The number of imide groups is 1. The molecule has 0 saturated carbocycles. The minimum absolute atomic E-state index is 0.0337. The normalized spacial score (nSPS) is 23.2. The van der Waals surface area contributed by atoms with Crippen LogP contribution in [-0.2, 0) is 18.7 Å². The number of esters is 1. The Balaban J connectivity index is 1.22. The van der Waals surface area contributed by atoms with Crippen molar-refractivity contribution in [1.82, 2.24) is 0 Å². The first-order valence-electron chi connectivity index (χ1n) is 13.5. The Hall–Kier alpha value is -4.56. The summed E-state index contributed by atoms with van der Waals surface area (Å²) in [6, 6.07) is 28.7. The second-order valence-electron chi connectivity index (χ2n) is 10.6. The number of rotatable bonds is 6. The van der Waals surface area contributed by atoms with Crippen LogP contribution >= 0.6 is 15.9 Å². The Bertz CT molecular complexity index is 1750. The maximum atomic E-state index is 14.3. The van der Waals surface area contributed by atoms with Gasteiger partial charge >= 0.3 is 5.97 Å². The van der Waals surface area contributed by atoms with Gasteiger partial charge in [-0.25, -0.2) is 9.69 Å². The van der Waals surface area contributed by atoms with Crippen LogP contribution in [0, 0.1) is 11.8 Å². The fraction of sp³-hybridized carbons (Fsp3) is 0.176. The van der Waals surface area contributed by atoms with Gasteiger partial charge in [0.2, 0.25) is 11.8 Å². The van der Waals surface area contributed by atoms with E-state index in [0.717, 1.165) is 27.2 Å². The van der Waals surface area contributed by atoms with Crippen LogP contribution in [0.25, 0.3) is 0 Å². The third-order valence-corrected chi connectivity index (χ3v) is 9.97. The zero-order valence-corrected chi connectivity index (χ0v) is 24.0. The molecule has 0 aromatic heterocycles. The van der Waals surface area contributed by atoms with E-state index in [0.29, 0.717) is 11.3 Å². The van der Waals surface area contributed by atoms with Crippen LogP contribution in [0.4, 0.5) is 5.69 Å². The van der Waals surface area contributed by atoms with Gasteiger partial charge in [0, 0.05) is 11.5 Å². The molecule has 0 radical (unpaired) electrons. The van der Waals surface area contributed by atoms with Gasteiger partial charge in [0.25, 0.3) is 0 Å². The number of halogens is 1. The minimum Gasteiger partial charge on any atom is -0.497 e. The predicted octanol–water partition coefficient (Wildman–Crippen LogP) is 5.64. The molecule has 3 aliphatic carbocycles. The molecule has 2 amide bonds. The molecule has 7 nitrogen and oxygen atoms in total. The summed E-state index contributed by atoms with van der Waals surface area (Å²) in [5.41, 5.74) is 4.52. The van der Waals surface area contributed by atoms with Crippen LogP contribution in [0.1, 0.15) is 48.9 Å². The van der Waals surface area contributed by atoms with Crippen molar-refractivity contribution in [3.63, 3.8) is 0 Å². The number of methoxy groups -OCH3 is 1.